The van der Waals surface area contributed by atoms with Gasteiger partial charge in [0.25, 0.3) is 0 Å². The lowest BCUT2D eigenvalue weighted by atomic mass is 10.1. The van der Waals surface area contributed by atoms with Crippen LogP contribution in [0.25, 0.3) is 0 Å². The SMILES string of the molecule is CC(C)CCSCC(=O)c1cccc(Br)c1. The zero-order valence-electron chi connectivity index (χ0n) is 9.70. The summed E-state index contributed by atoms with van der Waals surface area (Å²) in [7, 11) is 0. The second kappa shape index (κ2) is 7.13. The first-order chi connectivity index (χ1) is 7.59. The number of rotatable bonds is 6. The number of halogens is 1. The van der Waals surface area contributed by atoms with Gasteiger partial charge in [-0.25, -0.2) is 0 Å². The van der Waals surface area contributed by atoms with E-state index in [1.165, 1.54) is 6.42 Å². The lowest BCUT2D eigenvalue weighted by Gasteiger charge is -2.04. The number of carbonyl (C=O) groups is 1. The Kier molecular flexibility index (Phi) is 6.14. The highest BCUT2D eigenvalue weighted by atomic mass is 79.9. The standard InChI is InChI=1S/C13H17BrOS/c1-10(2)6-7-16-9-13(15)11-4-3-5-12(14)8-11/h3-5,8,10H,6-7,9H2,1-2H3. The van der Waals surface area contributed by atoms with Crippen molar-refractivity contribution < 1.29 is 4.79 Å². The van der Waals surface area contributed by atoms with Crippen molar-refractivity contribution in [1.29, 1.82) is 0 Å². The Balaban J connectivity index is 2.35. The molecule has 0 amide bonds. The largest absolute Gasteiger partial charge is 0.293 e. The second-order valence-corrected chi connectivity index (χ2v) is 6.19. The Morgan fingerprint density at radius 2 is 2.19 bits per heavy atom. The molecule has 3 heteroatoms. The summed E-state index contributed by atoms with van der Waals surface area (Å²) in [5.74, 6) is 2.59. The number of carbonyl (C=O) groups excluding carboxylic acids is 1. The van der Waals surface area contributed by atoms with Crippen molar-refractivity contribution in [2.75, 3.05) is 11.5 Å². The molecule has 0 N–H and O–H groups in total. The van der Waals surface area contributed by atoms with Crippen LogP contribution >= 0.6 is 27.7 Å². The Morgan fingerprint density at radius 3 is 2.81 bits per heavy atom. The van der Waals surface area contributed by atoms with Crippen LogP contribution in [0.5, 0.6) is 0 Å². The monoisotopic (exact) mass is 300 g/mol. The molecular weight excluding hydrogens is 284 g/mol. The van der Waals surface area contributed by atoms with Crippen LogP contribution in [-0.4, -0.2) is 17.3 Å². The molecule has 0 heterocycles. The lowest BCUT2D eigenvalue weighted by molar-refractivity contribution is 0.102. The van der Waals surface area contributed by atoms with E-state index in [0.29, 0.717) is 11.7 Å². The molecule has 0 bridgehead atoms. The van der Waals surface area contributed by atoms with Crippen LogP contribution in [-0.2, 0) is 0 Å². The van der Waals surface area contributed by atoms with E-state index in [1.54, 1.807) is 11.8 Å². The predicted octanol–water partition coefficient (Wildman–Crippen LogP) is 4.41. The minimum Gasteiger partial charge on any atom is -0.293 e. The van der Waals surface area contributed by atoms with Gasteiger partial charge >= 0.3 is 0 Å². The van der Waals surface area contributed by atoms with Gasteiger partial charge in [-0.1, -0.05) is 41.9 Å². The molecule has 0 spiro atoms. The number of hydrogen-bond acceptors (Lipinski definition) is 2. The Morgan fingerprint density at radius 1 is 1.44 bits per heavy atom. The van der Waals surface area contributed by atoms with Crippen LogP contribution in [0.15, 0.2) is 28.7 Å². The van der Waals surface area contributed by atoms with Gasteiger partial charge in [0.15, 0.2) is 5.78 Å². The van der Waals surface area contributed by atoms with Gasteiger partial charge in [-0.05, 0) is 30.2 Å². The molecule has 0 saturated heterocycles. The van der Waals surface area contributed by atoms with Crippen LogP contribution in [0, 0.1) is 5.92 Å². The fourth-order valence-electron chi connectivity index (χ4n) is 1.23. The molecule has 1 rings (SSSR count). The van der Waals surface area contributed by atoms with Crippen molar-refractivity contribution in [1.82, 2.24) is 0 Å². The zero-order chi connectivity index (χ0) is 12.0. The van der Waals surface area contributed by atoms with Gasteiger partial charge in [0.2, 0.25) is 0 Å². The summed E-state index contributed by atoms with van der Waals surface area (Å²) in [6.07, 6.45) is 1.18. The topological polar surface area (TPSA) is 17.1 Å². The summed E-state index contributed by atoms with van der Waals surface area (Å²) in [5.41, 5.74) is 0.798. The Bertz CT molecular complexity index is 350. The van der Waals surface area contributed by atoms with E-state index in [1.807, 2.05) is 24.3 Å². The number of thioether (sulfide) groups is 1. The molecule has 1 nitrogen and oxygen atoms in total. The zero-order valence-corrected chi connectivity index (χ0v) is 12.1. The van der Waals surface area contributed by atoms with Gasteiger partial charge in [0, 0.05) is 10.0 Å². The van der Waals surface area contributed by atoms with Gasteiger partial charge in [0.05, 0.1) is 5.75 Å². The van der Waals surface area contributed by atoms with Gasteiger partial charge < -0.3 is 0 Å². The number of ketones is 1. The van der Waals surface area contributed by atoms with E-state index in [0.717, 1.165) is 15.8 Å². The van der Waals surface area contributed by atoms with Crippen LogP contribution in [0.4, 0.5) is 0 Å². The Labute approximate surface area is 110 Å². The molecule has 16 heavy (non-hydrogen) atoms. The van der Waals surface area contributed by atoms with Crippen molar-refractivity contribution in [2.24, 2.45) is 5.92 Å². The van der Waals surface area contributed by atoms with Gasteiger partial charge in [-0.15, -0.1) is 0 Å². The molecule has 0 aliphatic rings. The maximum atomic E-state index is 11.8. The van der Waals surface area contributed by atoms with E-state index in [9.17, 15) is 4.79 Å². The van der Waals surface area contributed by atoms with Crippen molar-refractivity contribution in [2.45, 2.75) is 20.3 Å². The van der Waals surface area contributed by atoms with Gasteiger partial charge in [-0.3, -0.25) is 4.79 Å². The van der Waals surface area contributed by atoms with E-state index >= 15 is 0 Å². The second-order valence-electron chi connectivity index (χ2n) is 4.17. The van der Waals surface area contributed by atoms with E-state index in [4.69, 9.17) is 0 Å². The third kappa shape index (κ3) is 5.17. The van der Waals surface area contributed by atoms with Crippen LogP contribution in [0.2, 0.25) is 0 Å². The third-order valence-corrected chi connectivity index (χ3v) is 3.70. The molecule has 88 valence electrons. The molecule has 1 aromatic carbocycles. The molecule has 0 radical (unpaired) electrons. The summed E-state index contributed by atoms with van der Waals surface area (Å²) < 4.78 is 0.963. The van der Waals surface area contributed by atoms with Gasteiger partial charge in [-0.2, -0.15) is 11.8 Å². The van der Waals surface area contributed by atoms with E-state index in [2.05, 4.69) is 29.8 Å². The summed E-state index contributed by atoms with van der Waals surface area (Å²) in [5, 5.41) is 0. The van der Waals surface area contributed by atoms with Crippen molar-refractivity contribution in [3.63, 3.8) is 0 Å². The first-order valence-corrected chi connectivity index (χ1v) is 7.41. The quantitative estimate of drug-likeness (QED) is 0.572. The average molecular weight is 301 g/mol. The van der Waals surface area contributed by atoms with Crippen molar-refractivity contribution in [3.05, 3.63) is 34.3 Å². The molecule has 0 aliphatic carbocycles. The first kappa shape index (κ1) is 13.8. The molecule has 0 unspecified atom stereocenters. The highest BCUT2D eigenvalue weighted by Gasteiger charge is 2.06. The average Bonchev–Trinajstić information content (AvgIpc) is 2.24. The summed E-state index contributed by atoms with van der Waals surface area (Å²) in [6, 6.07) is 7.58. The van der Waals surface area contributed by atoms with Crippen LogP contribution in [0.1, 0.15) is 30.6 Å². The van der Waals surface area contributed by atoms with Crippen molar-refractivity contribution in [3.8, 4) is 0 Å². The predicted molar refractivity (Wildman–Crippen MR) is 75.3 cm³/mol. The maximum absolute atomic E-state index is 11.8. The van der Waals surface area contributed by atoms with Crippen LogP contribution < -0.4 is 0 Å². The summed E-state index contributed by atoms with van der Waals surface area (Å²) >= 11 is 5.10. The molecule has 0 saturated carbocycles. The molecule has 0 atom stereocenters. The molecule has 0 aliphatic heterocycles. The van der Waals surface area contributed by atoms with E-state index in [-0.39, 0.29) is 5.78 Å². The van der Waals surface area contributed by atoms with Crippen LogP contribution in [0.3, 0.4) is 0 Å². The maximum Gasteiger partial charge on any atom is 0.172 e. The molecular formula is C13H17BrOS. The van der Waals surface area contributed by atoms with Crippen molar-refractivity contribution >= 4 is 33.5 Å². The minimum atomic E-state index is 0.218. The highest BCUT2D eigenvalue weighted by molar-refractivity contribution is 9.10. The number of benzene rings is 1. The lowest BCUT2D eigenvalue weighted by Crippen LogP contribution is -2.03. The smallest absolute Gasteiger partial charge is 0.172 e. The fourth-order valence-corrected chi connectivity index (χ4v) is 2.76. The molecule has 1 aromatic rings. The van der Waals surface area contributed by atoms with E-state index < -0.39 is 0 Å². The van der Waals surface area contributed by atoms with Gasteiger partial charge in [0.1, 0.15) is 0 Å². The number of Topliss-reactive ketones (excluding diaryl/α,β-unsaturated/α-hetero) is 1. The number of hydrogen-bond donors (Lipinski definition) is 0. The normalized spacial score (nSPS) is 10.8. The summed E-state index contributed by atoms with van der Waals surface area (Å²) in [6.45, 7) is 4.41. The Hall–Kier alpha value is -0.280. The summed E-state index contributed by atoms with van der Waals surface area (Å²) in [4.78, 5) is 11.8. The highest BCUT2D eigenvalue weighted by Crippen LogP contribution is 2.15. The minimum absolute atomic E-state index is 0.218. The fraction of sp³-hybridized carbons (Fsp3) is 0.462. The molecule has 0 aromatic heterocycles. The molecule has 0 fully saturated rings. The first-order valence-electron chi connectivity index (χ1n) is 5.46. The third-order valence-electron chi connectivity index (χ3n) is 2.22.